The van der Waals surface area contributed by atoms with Crippen molar-refractivity contribution in [2.45, 2.75) is 32.2 Å². The predicted octanol–water partition coefficient (Wildman–Crippen LogP) is 2.83. The lowest BCUT2D eigenvalue weighted by Crippen LogP contribution is -2.62. The van der Waals surface area contributed by atoms with Gasteiger partial charge in [-0.05, 0) is 24.7 Å². The lowest BCUT2D eigenvalue weighted by Gasteiger charge is -2.35. The van der Waals surface area contributed by atoms with Crippen LogP contribution in [0.15, 0.2) is 38.0 Å². The van der Waals surface area contributed by atoms with Crippen LogP contribution < -0.4 is 5.32 Å². The number of carbonyl (C=O) groups excluding carboxylic acids is 4. The van der Waals surface area contributed by atoms with Crippen molar-refractivity contribution in [2.24, 2.45) is 23.7 Å². The number of nitrogens with one attached hydrogen (secondary N) is 1. The van der Waals surface area contributed by atoms with Crippen molar-refractivity contribution in [3.05, 3.63) is 38.0 Å². The molecule has 0 saturated heterocycles. The fraction of sp³-hybridized carbons (Fsp3) is 0.565. The van der Waals surface area contributed by atoms with Gasteiger partial charge in [0.1, 0.15) is 25.4 Å². The fourth-order valence-corrected chi connectivity index (χ4v) is 4.38. The van der Waals surface area contributed by atoms with Gasteiger partial charge in [0.2, 0.25) is 0 Å². The first kappa shape index (κ1) is 25.2. The first-order chi connectivity index (χ1) is 15.2. The van der Waals surface area contributed by atoms with E-state index < -0.39 is 41.4 Å². The zero-order chi connectivity index (χ0) is 23.9. The Morgan fingerprint density at radius 2 is 1.62 bits per heavy atom. The van der Waals surface area contributed by atoms with E-state index in [-0.39, 0.29) is 44.6 Å². The highest BCUT2D eigenvalue weighted by Gasteiger charge is 2.73. The van der Waals surface area contributed by atoms with Crippen LogP contribution in [0.4, 0.5) is 9.59 Å². The third-order valence-electron chi connectivity index (χ3n) is 5.60. The van der Waals surface area contributed by atoms with Gasteiger partial charge in [0.15, 0.2) is 0 Å². The van der Waals surface area contributed by atoms with E-state index in [1.807, 2.05) is 13.8 Å². The second kappa shape index (κ2) is 11.0. The van der Waals surface area contributed by atoms with Crippen molar-refractivity contribution < 1.29 is 33.4 Å². The largest absolute Gasteiger partial charge is 0.461 e. The average molecular weight is 449 g/mol. The van der Waals surface area contributed by atoms with Crippen LogP contribution in [-0.4, -0.2) is 60.9 Å². The zero-order valence-corrected chi connectivity index (χ0v) is 18.7. The number of amides is 3. The summed E-state index contributed by atoms with van der Waals surface area (Å²) in [5, 5.41) is 2.67. The highest BCUT2D eigenvalue weighted by molar-refractivity contribution is 6.01. The van der Waals surface area contributed by atoms with Gasteiger partial charge in [-0.3, -0.25) is 9.59 Å². The minimum Gasteiger partial charge on any atom is -0.461 e. The van der Waals surface area contributed by atoms with Crippen molar-refractivity contribution >= 4 is 24.1 Å². The Morgan fingerprint density at radius 1 is 1.03 bits per heavy atom. The van der Waals surface area contributed by atoms with Crippen molar-refractivity contribution in [1.29, 1.82) is 0 Å². The van der Waals surface area contributed by atoms with E-state index in [1.165, 1.54) is 18.2 Å². The molecule has 0 bridgehead atoms. The number of alkyl carbamates (subject to hydrolysis) is 1. The van der Waals surface area contributed by atoms with Gasteiger partial charge in [-0.25, -0.2) is 14.5 Å². The summed E-state index contributed by atoms with van der Waals surface area (Å²) in [7, 11) is 0. The topological polar surface area (TPSA) is 111 Å². The molecular formula is C23H32N2O7. The van der Waals surface area contributed by atoms with Crippen LogP contribution in [0.3, 0.4) is 0 Å². The molecule has 32 heavy (non-hydrogen) atoms. The quantitative estimate of drug-likeness (QED) is 0.294. The van der Waals surface area contributed by atoms with Gasteiger partial charge in [0.05, 0.1) is 5.92 Å². The summed E-state index contributed by atoms with van der Waals surface area (Å²) in [6, 6.07) is 0. The summed E-state index contributed by atoms with van der Waals surface area (Å²) in [4.78, 5) is 52.4. The molecule has 0 spiro atoms. The molecule has 4 atom stereocenters. The molecule has 2 rings (SSSR count). The molecule has 2 aliphatic rings. The molecule has 9 heteroatoms. The lowest BCUT2D eigenvalue weighted by molar-refractivity contribution is -0.146. The molecule has 0 aromatic carbocycles. The van der Waals surface area contributed by atoms with E-state index in [2.05, 4.69) is 25.1 Å². The molecule has 1 N–H and O–H groups in total. The molecular weight excluding hydrogens is 416 g/mol. The smallest absolute Gasteiger partial charge is 0.416 e. The van der Waals surface area contributed by atoms with Gasteiger partial charge in [-0.1, -0.05) is 51.8 Å². The molecule has 0 aliphatic heterocycles. The van der Waals surface area contributed by atoms with Crippen LogP contribution in [0, 0.1) is 23.7 Å². The summed E-state index contributed by atoms with van der Waals surface area (Å²) >= 11 is 0. The first-order valence-electron chi connectivity index (χ1n) is 10.7. The summed E-state index contributed by atoms with van der Waals surface area (Å²) in [6.07, 6.45) is 3.37. The van der Waals surface area contributed by atoms with E-state index in [9.17, 15) is 19.2 Å². The molecule has 0 aromatic heterocycles. The Bertz CT molecular complexity index is 778. The Kier molecular flexibility index (Phi) is 8.63. The maximum atomic E-state index is 13.8. The minimum atomic E-state index is -1.48. The number of esters is 1. The number of rotatable bonds is 11. The molecule has 2 fully saturated rings. The molecule has 2 saturated carbocycles. The molecule has 9 nitrogen and oxygen atoms in total. The summed E-state index contributed by atoms with van der Waals surface area (Å²) < 4.78 is 15.3. The van der Waals surface area contributed by atoms with Crippen LogP contribution in [0.25, 0.3) is 0 Å². The van der Waals surface area contributed by atoms with Crippen LogP contribution in [0.1, 0.15) is 26.7 Å². The highest BCUT2D eigenvalue weighted by atomic mass is 16.6. The zero-order valence-electron chi connectivity index (χ0n) is 18.7. The SMILES string of the molecule is C=CCOC(=O)N[C@@]1(C(=O)N(CC(C)C)C(=O)OCC=C)CC[C@H]2[C@H](C(=O)OCC=C)[C@H]21. The number of hydrogen-bond donors (Lipinski definition) is 1. The summed E-state index contributed by atoms with van der Waals surface area (Å²) in [5.41, 5.74) is -1.48. The second-order valence-electron chi connectivity index (χ2n) is 8.33. The van der Waals surface area contributed by atoms with Gasteiger partial charge in [-0.15, -0.1) is 0 Å². The first-order valence-corrected chi connectivity index (χ1v) is 10.7. The second-order valence-corrected chi connectivity index (χ2v) is 8.33. The Labute approximate surface area is 188 Å². The number of nitrogens with zero attached hydrogens (tertiary/aromatic N) is 1. The minimum absolute atomic E-state index is 0.0495. The number of hydrogen-bond acceptors (Lipinski definition) is 7. The normalized spacial score (nSPS) is 25.2. The Hall–Kier alpha value is -3.10. The molecule has 0 aromatic rings. The average Bonchev–Trinajstić information content (AvgIpc) is 3.39. The van der Waals surface area contributed by atoms with Crippen LogP contribution in [0.5, 0.6) is 0 Å². The summed E-state index contributed by atoms with van der Waals surface area (Å²) in [5.74, 6) is -2.33. The number of carbonyl (C=O) groups is 4. The monoisotopic (exact) mass is 448 g/mol. The van der Waals surface area contributed by atoms with Crippen LogP contribution in [0.2, 0.25) is 0 Å². The molecule has 3 amide bonds. The standard InChI is InChI=1S/C23H32N2O7/c1-6-11-30-19(26)17-16-9-10-23(18(16)17,24-21(28)31-12-7-2)20(27)25(14-15(4)5)22(29)32-13-8-3/h6-8,15-18H,1-3,9-14H2,4-5H3,(H,24,28)/t16-,17-,18-,23-/m0/s1. The molecule has 176 valence electrons. The van der Waals surface area contributed by atoms with Gasteiger partial charge in [0, 0.05) is 12.5 Å². The van der Waals surface area contributed by atoms with Gasteiger partial charge in [-0.2, -0.15) is 0 Å². The molecule has 0 radical (unpaired) electrons. The van der Waals surface area contributed by atoms with Crippen LogP contribution >= 0.6 is 0 Å². The predicted molar refractivity (Wildman–Crippen MR) is 116 cm³/mol. The maximum absolute atomic E-state index is 13.8. The van der Waals surface area contributed by atoms with Gasteiger partial charge < -0.3 is 19.5 Å². The van der Waals surface area contributed by atoms with E-state index in [0.717, 1.165) is 4.90 Å². The van der Waals surface area contributed by atoms with E-state index in [0.29, 0.717) is 6.42 Å². The fourth-order valence-electron chi connectivity index (χ4n) is 4.38. The van der Waals surface area contributed by atoms with Gasteiger partial charge >= 0.3 is 18.2 Å². The summed E-state index contributed by atoms with van der Waals surface area (Å²) in [6.45, 7) is 14.3. The molecule has 0 unspecified atom stereocenters. The molecule has 2 aliphatic carbocycles. The van der Waals surface area contributed by atoms with Gasteiger partial charge in [0.25, 0.3) is 5.91 Å². The Balaban J connectivity index is 2.36. The third kappa shape index (κ3) is 5.38. The van der Waals surface area contributed by atoms with Crippen LogP contribution in [-0.2, 0) is 23.8 Å². The number of imide groups is 1. The van der Waals surface area contributed by atoms with Crippen molar-refractivity contribution in [1.82, 2.24) is 10.2 Å². The highest BCUT2D eigenvalue weighted by Crippen LogP contribution is 2.63. The van der Waals surface area contributed by atoms with Crippen molar-refractivity contribution in [3.63, 3.8) is 0 Å². The molecule has 0 heterocycles. The van der Waals surface area contributed by atoms with E-state index in [4.69, 9.17) is 14.2 Å². The van der Waals surface area contributed by atoms with Crippen molar-refractivity contribution in [2.75, 3.05) is 26.4 Å². The maximum Gasteiger partial charge on any atom is 0.416 e. The van der Waals surface area contributed by atoms with E-state index in [1.54, 1.807) is 0 Å². The number of ether oxygens (including phenoxy) is 3. The van der Waals surface area contributed by atoms with E-state index >= 15 is 0 Å². The third-order valence-corrected chi connectivity index (χ3v) is 5.60. The lowest BCUT2D eigenvalue weighted by atomic mass is 9.88. The number of fused-ring (bicyclic) bond motifs is 1. The van der Waals surface area contributed by atoms with Crippen molar-refractivity contribution in [3.8, 4) is 0 Å². The Morgan fingerprint density at radius 3 is 2.22 bits per heavy atom.